The third-order valence-electron chi connectivity index (χ3n) is 2.86. The van der Waals surface area contributed by atoms with Crippen LogP contribution in [-0.4, -0.2) is 12.6 Å². The SMILES string of the molecule is Cc1cccc(C[C@H]2CCC[NH2+]2)c1. The molecule has 1 heterocycles. The Kier molecular flexibility index (Phi) is 2.65. The normalized spacial score (nSPS) is 22.1. The summed E-state index contributed by atoms with van der Waals surface area (Å²) in [5, 5.41) is 2.49. The van der Waals surface area contributed by atoms with Gasteiger partial charge in [-0.3, -0.25) is 0 Å². The van der Waals surface area contributed by atoms with E-state index in [2.05, 4.69) is 36.5 Å². The number of hydrogen-bond donors (Lipinski definition) is 1. The molecule has 0 aromatic heterocycles. The Balaban J connectivity index is 2.00. The highest BCUT2D eigenvalue weighted by atomic mass is 14.9. The van der Waals surface area contributed by atoms with Crippen LogP contribution in [0.3, 0.4) is 0 Å². The maximum absolute atomic E-state index is 2.49. The monoisotopic (exact) mass is 176 g/mol. The van der Waals surface area contributed by atoms with Crippen LogP contribution < -0.4 is 5.32 Å². The van der Waals surface area contributed by atoms with Crippen molar-refractivity contribution in [2.45, 2.75) is 32.2 Å². The number of benzene rings is 1. The van der Waals surface area contributed by atoms with Gasteiger partial charge < -0.3 is 5.32 Å². The van der Waals surface area contributed by atoms with Crippen LogP contribution in [0.1, 0.15) is 24.0 Å². The average Bonchev–Trinajstić information content (AvgIpc) is 2.57. The smallest absolute Gasteiger partial charge is 0.0902 e. The Bertz CT molecular complexity index is 274. The summed E-state index contributed by atoms with van der Waals surface area (Å²) in [6.07, 6.45) is 4.05. The number of aryl methyl sites for hydroxylation is 1. The van der Waals surface area contributed by atoms with E-state index >= 15 is 0 Å². The van der Waals surface area contributed by atoms with E-state index in [1.807, 2.05) is 0 Å². The lowest BCUT2D eigenvalue weighted by molar-refractivity contribution is -0.669. The van der Waals surface area contributed by atoms with Crippen LogP contribution in [0.4, 0.5) is 0 Å². The van der Waals surface area contributed by atoms with Crippen LogP contribution in [0.2, 0.25) is 0 Å². The highest BCUT2D eigenvalue weighted by molar-refractivity contribution is 5.22. The Morgan fingerprint density at radius 2 is 2.38 bits per heavy atom. The van der Waals surface area contributed by atoms with Crippen molar-refractivity contribution in [1.82, 2.24) is 0 Å². The van der Waals surface area contributed by atoms with Crippen LogP contribution in [0.5, 0.6) is 0 Å². The molecule has 1 saturated heterocycles. The standard InChI is InChI=1S/C12H17N/c1-10-4-2-5-11(8-10)9-12-6-3-7-13-12/h2,4-5,8,12-13H,3,6-7,9H2,1H3/p+1/t12-/m1/s1. The summed E-state index contributed by atoms with van der Waals surface area (Å²) in [6, 6.07) is 9.74. The highest BCUT2D eigenvalue weighted by Crippen LogP contribution is 2.09. The second-order valence-electron chi connectivity index (χ2n) is 4.12. The molecule has 1 aromatic rings. The summed E-state index contributed by atoms with van der Waals surface area (Å²) in [5.41, 5.74) is 2.89. The van der Waals surface area contributed by atoms with Gasteiger partial charge in [0, 0.05) is 19.3 Å². The van der Waals surface area contributed by atoms with Gasteiger partial charge in [0.15, 0.2) is 0 Å². The van der Waals surface area contributed by atoms with Crippen molar-refractivity contribution in [3.63, 3.8) is 0 Å². The van der Waals surface area contributed by atoms with Gasteiger partial charge in [0.2, 0.25) is 0 Å². The van der Waals surface area contributed by atoms with Crippen molar-refractivity contribution in [2.24, 2.45) is 0 Å². The van der Waals surface area contributed by atoms with Crippen LogP contribution in [0.15, 0.2) is 24.3 Å². The minimum absolute atomic E-state index is 0.849. The van der Waals surface area contributed by atoms with Crippen molar-refractivity contribution < 1.29 is 5.32 Å². The number of hydrogen-bond acceptors (Lipinski definition) is 0. The average molecular weight is 176 g/mol. The van der Waals surface area contributed by atoms with E-state index in [0.717, 1.165) is 6.04 Å². The molecule has 1 fully saturated rings. The molecule has 1 nitrogen and oxygen atoms in total. The lowest BCUT2D eigenvalue weighted by Crippen LogP contribution is -2.87. The van der Waals surface area contributed by atoms with Crippen LogP contribution >= 0.6 is 0 Å². The lowest BCUT2D eigenvalue weighted by Gasteiger charge is -2.07. The minimum atomic E-state index is 0.849. The van der Waals surface area contributed by atoms with Crippen LogP contribution in [0, 0.1) is 6.92 Å². The second-order valence-corrected chi connectivity index (χ2v) is 4.12. The second kappa shape index (κ2) is 3.93. The molecule has 70 valence electrons. The van der Waals surface area contributed by atoms with Gasteiger partial charge >= 0.3 is 0 Å². The molecular weight excluding hydrogens is 158 g/mol. The molecule has 1 aromatic carbocycles. The third kappa shape index (κ3) is 2.31. The topological polar surface area (TPSA) is 16.6 Å². The summed E-state index contributed by atoms with van der Waals surface area (Å²) in [4.78, 5) is 0. The fraction of sp³-hybridized carbons (Fsp3) is 0.500. The van der Waals surface area contributed by atoms with Crippen molar-refractivity contribution >= 4 is 0 Å². The van der Waals surface area contributed by atoms with Crippen molar-refractivity contribution in [3.05, 3.63) is 35.4 Å². The zero-order valence-corrected chi connectivity index (χ0v) is 8.29. The predicted octanol–water partition coefficient (Wildman–Crippen LogP) is 1.26. The van der Waals surface area contributed by atoms with Crippen LogP contribution in [0.25, 0.3) is 0 Å². The fourth-order valence-electron chi connectivity index (χ4n) is 2.18. The molecular formula is C12H18N+. The molecule has 13 heavy (non-hydrogen) atoms. The number of quaternary nitrogens is 1. The van der Waals surface area contributed by atoms with E-state index in [0.29, 0.717) is 0 Å². The molecule has 0 amide bonds. The number of rotatable bonds is 2. The van der Waals surface area contributed by atoms with E-state index in [9.17, 15) is 0 Å². The molecule has 2 N–H and O–H groups in total. The van der Waals surface area contributed by atoms with Gasteiger partial charge in [0.1, 0.15) is 0 Å². The summed E-state index contributed by atoms with van der Waals surface area (Å²) < 4.78 is 0. The van der Waals surface area contributed by atoms with E-state index in [1.165, 1.54) is 36.9 Å². The first-order valence-corrected chi connectivity index (χ1v) is 5.23. The zero-order valence-electron chi connectivity index (χ0n) is 8.29. The molecule has 1 heteroatoms. The van der Waals surface area contributed by atoms with Crippen molar-refractivity contribution in [3.8, 4) is 0 Å². The third-order valence-corrected chi connectivity index (χ3v) is 2.86. The lowest BCUT2D eigenvalue weighted by atomic mass is 10.0. The Hall–Kier alpha value is -0.820. The van der Waals surface area contributed by atoms with Crippen molar-refractivity contribution in [2.75, 3.05) is 6.54 Å². The van der Waals surface area contributed by atoms with Crippen LogP contribution in [-0.2, 0) is 6.42 Å². The maximum atomic E-state index is 2.49. The van der Waals surface area contributed by atoms with E-state index < -0.39 is 0 Å². The highest BCUT2D eigenvalue weighted by Gasteiger charge is 2.17. The zero-order chi connectivity index (χ0) is 9.10. The first kappa shape index (κ1) is 8.76. The molecule has 0 saturated carbocycles. The number of nitrogens with two attached hydrogens (primary N) is 1. The molecule has 0 radical (unpaired) electrons. The van der Waals surface area contributed by atoms with Gasteiger partial charge in [0.25, 0.3) is 0 Å². The molecule has 0 unspecified atom stereocenters. The summed E-state index contributed by atoms with van der Waals surface area (Å²) in [7, 11) is 0. The van der Waals surface area contributed by atoms with E-state index in [4.69, 9.17) is 0 Å². The first-order chi connectivity index (χ1) is 6.34. The van der Waals surface area contributed by atoms with Gasteiger partial charge in [-0.1, -0.05) is 29.8 Å². The molecule has 0 aliphatic carbocycles. The molecule has 1 atom stereocenters. The predicted molar refractivity (Wildman–Crippen MR) is 54.7 cm³/mol. The molecule has 2 rings (SSSR count). The Labute approximate surface area is 80.2 Å². The summed E-state index contributed by atoms with van der Waals surface area (Å²) >= 11 is 0. The molecule has 1 aliphatic rings. The van der Waals surface area contributed by atoms with Crippen molar-refractivity contribution in [1.29, 1.82) is 0 Å². The fourth-order valence-corrected chi connectivity index (χ4v) is 2.18. The van der Waals surface area contributed by atoms with Gasteiger partial charge in [0.05, 0.1) is 12.6 Å². The summed E-state index contributed by atoms with van der Waals surface area (Å²) in [6.45, 7) is 3.50. The maximum Gasteiger partial charge on any atom is 0.0902 e. The molecule has 1 aliphatic heterocycles. The van der Waals surface area contributed by atoms with Gasteiger partial charge in [-0.25, -0.2) is 0 Å². The van der Waals surface area contributed by atoms with Gasteiger partial charge in [-0.15, -0.1) is 0 Å². The molecule has 0 spiro atoms. The summed E-state index contributed by atoms with van der Waals surface area (Å²) in [5.74, 6) is 0. The quantitative estimate of drug-likeness (QED) is 0.698. The Morgan fingerprint density at radius 3 is 3.08 bits per heavy atom. The molecule has 0 bridgehead atoms. The van der Waals surface area contributed by atoms with E-state index in [-0.39, 0.29) is 0 Å². The first-order valence-electron chi connectivity index (χ1n) is 5.23. The van der Waals surface area contributed by atoms with Gasteiger partial charge in [-0.05, 0) is 12.5 Å². The minimum Gasteiger partial charge on any atom is -0.344 e. The van der Waals surface area contributed by atoms with Gasteiger partial charge in [-0.2, -0.15) is 0 Å². The Morgan fingerprint density at radius 1 is 1.46 bits per heavy atom. The van der Waals surface area contributed by atoms with E-state index in [1.54, 1.807) is 0 Å². The largest absolute Gasteiger partial charge is 0.344 e.